The molecule has 0 aromatic heterocycles. The zero-order valence-corrected chi connectivity index (χ0v) is 13.2. The van der Waals surface area contributed by atoms with Gasteiger partial charge >= 0.3 is 0 Å². The minimum atomic E-state index is 0.0947. The Hall–Kier alpha value is -1.06. The van der Waals surface area contributed by atoms with E-state index < -0.39 is 0 Å². The molecule has 108 valence electrons. The molecule has 1 aromatic carbocycles. The lowest BCUT2D eigenvalue weighted by molar-refractivity contribution is 0.138. The van der Waals surface area contributed by atoms with Crippen LogP contribution in [0.5, 0.6) is 5.75 Å². The summed E-state index contributed by atoms with van der Waals surface area (Å²) in [5.74, 6) is 1.00. The maximum atomic E-state index is 5.70. The molecule has 0 spiro atoms. The Morgan fingerprint density at radius 1 is 1.26 bits per heavy atom. The highest BCUT2D eigenvalue weighted by atomic mass is 16.5. The van der Waals surface area contributed by atoms with Crippen molar-refractivity contribution >= 4 is 0 Å². The lowest BCUT2D eigenvalue weighted by Gasteiger charge is -2.36. The van der Waals surface area contributed by atoms with Crippen molar-refractivity contribution in [1.29, 1.82) is 0 Å². The van der Waals surface area contributed by atoms with Crippen LogP contribution in [0.4, 0.5) is 0 Å². The third-order valence-electron chi connectivity index (χ3n) is 3.90. The lowest BCUT2D eigenvalue weighted by atomic mass is 9.97. The summed E-state index contributed by atoms with van der Waals surface area (Å²) in [6, 6.07) is 4.37. The van der Waals surface area contributed by atoms with Crippen molar-refractivity contribution < 1.29 is 4.74 Å². The van der Waals surface area contributed by atoms with Crippen molar-refractivity contribution in [3.8, 4) is 5.75 Å². The van der Waals surface area contributed by atoms with Crippen molar-refractivity contribution in [2.45, 2.75) is 46.2 Å². The second-order valence-corrected chi connectivity index (χ2v) is 5.98. The zero-order valence-electron chi connectivity index (χ0n) is 13.2. The fourth-order valence-corrected chi connectivity index (χ4v) is 2.47. The summed E-state index contributed by atoms with van der Waals surface area (Å²) in [6.45, 7) is 10.3. The Kier molecular flexibility index (Phi) is 5.39. The van der Waals surface area contributed by atoms with Crippen LogP contribution in [0, 0.1) is 13.8 Å². The summed E-state index contributed by atoms with van der Waals surface area (Å²) in [7, 11) is 3.89. The van der Waals surface area contributed by atoms with Crippen LogP contribution >= 0.6 is 0 Å². The number of hydrogen-bond donors (Lipinski definition) is 1. The van der Waals surface area contributed by atoms with E-state index in [1.165, 1.54) is 16.7 Å². The van der Waals surface area contributed by atoms with E-state index in [2.05, 4.69) is 51.8 Å². The van der Waals surface area contributed by atoms with E-state index in [0.29, 0.717) is 6.54 Å². The number of methoxy groups -OCH3 is 1. The zero-order chi connectivity index (χ0) is 14.6. The van der Waals surface area contributed by atoms with Crippen molar-refractivity contribution in [3.05, 3.63) is 28.8 Å². The summed E-state index contributed by atoms with van der Waals surface area (Å²) in [5, 5.41) is 0. The van der Waals surface area contributed by atoms with Crippen LogP contribution in [-0.2, 0) is 6.54 Å². The maximum absolute atomic E-state index is 5.70. The average Bonchev–Trinajstić information content (AvgIpc) is 2.28. The maximum Gasteiger partial charge on any atom is 0.126 e. The second-order valence-electron chi connectivity index (χ2n) is 5.98. The number of aryl methyl sites for hydroxylation is 2. The van der Waals surface area contributed by atoms with E-state index >= 15 is 0 Å². The molecule has 19 heavy (non-hydrogen) atoms. The molecule has 2 N–H and O–H groups in total. The topological polar surface area (TPSA) is 38.5 Å². The minimum Gasteiger partial charge on any atom is -0.496 e. The fraction of sp³-hybridized carbons (Fsp3) is 0.625. The van der Waals surface area contributed by atoms with Gasteiger partial charge in [0.2, 0.25) is 0 Å². The van der Waals surface area contributed by atoms with Gasteiger partial charge in [-0.05, 0) is 53.3 Å². The molecule has 3 nitrogen and oxygen atoms in total. The number of nitrogens with zero attached hydrogens (tertiary/aromatic N) is 1. The van der Waals surface area contributed by atoms with Gasteiger partial charge in [-0.3, -0.25) is 4.90 Å². The highest BCUT2D eigenvalue weighted by molar-refractivity contribution is 5.43. The Morgan fingerprint density at radius 3 is 2.42 bits per heavy atom. The van der Waals surface area contributed by atoms with E-state index in [9.17, 15) is 0 Å². The van der Waals surface area contributed by atoms with Gasteiger partial charge in [-0.15, -0.1) is 0 Å². The van der Waals surface area contributed by atoms with Gasteiger partial charge in [-0.2, -0.15) is 0 Å². The highest BCUT2D eigenvalue weighted by Gasteiger charge is 2.23. The third kappa shape index (κ3) is 3.95. The van der Waals surface area contributed by atoms with Gasteiger partial charge in [0.15, 0.2) is 0 Å². The second kappa shape index (κ2) is 6.40. The van der Waals surface area contributed by atoms with Crippen molar-refractivity contribution in [3.63, 3.8) is 0 Å². The van der Waals surface area contributed by atoms with Crippen LogP contribution in [0.25, 0.3) is 0 Å². The number of rotatable bonds is 6. The normalized spacial score (nSPS) is 12.0. The molecule has 0 amide bonds. The molecular weight excluding hydrogens is 236 g/mol. The van der Waals surface area contributed by atoms with E-state index in [1.54, 1.807) is 7.11 Å². The number of hydrogen-bond acceptors (Lipinski definition) is 3. The van der Waals surface area contributed by atoms with Crippen molar-refractivity contribution in [1.82, 2.24) is 4.90 Å². The molecule has 0 aliphatic rings. The van der Waals surface area contributed by atoms with Gasteiger partial charge in [0, 0.05) is 17.6 Å². The van der Waals surface area contributed by atoms with E-state index in [-0.39, 0.29) is 5.54 Å². The Balaban J connectivity index is 2.99. The molecule has 0 unspecified atom stereocenters. The monoisotopic (exact) mass is 264 g/mol. The number of nitrogens with two attached hydrogens (primary N) is 1. The molecule has 3 heteroatoms. The smallest absolute Gasteiger partial charge is 0.126 e. The van der Waals surface area contributed by atoms with E-state index in [4.69, 9.17) is 10.5 Å². The SMILES string of the molecule is COc1c(C)cc(C)cc1CN(C)C(C)(C)CCN. The molecule has 0 fully saturated rings. The van der Waals surface area contributed by atoms with E-state index in [0.717, 1.165) is 18.7 Å². The van der Waals surface area contributed by atoms with Gasteiger partial charge in [0.25, 0.3) is 0 Å². The number of benzene rings is 1. The Bertz CT molecular complexity index is 427. The van der Waals surface area contributed by atoms with Crippen LogP contribution < -0.4 is 10.5 Å². The largest absolute Gasteiger partial charge is 0.496 e. The Morgan fingerprint density at radius 2 is 1.89 bits per heavy atom. The predicted octanol–water partition coefficient (Wildman–Crippen LogP) is 2.87. The molecule has 0 saturated carbocycles. The number of ether oxygens (including phenoxy) is 1. The molecule has 1 rings (SSSR count). The Labute approximate surface area is 117 Å². The molecule has 0 aliphatic carbocycles. The summed E-state index contributed by atoms with van der Waals surface area (Å²) in [6.07, 6.45) is 0.983. The molecule has 0 heterocycles. The first-order valence-electron chi connectivity index (χ1n) is 6.87. The van der Waals surface area contributed by atoms with Crippen LogP contribution in [-0.4, -0.2) is 31.1 Å². The van der Waals surface area contributed by atoms with Gasteiger partial charge in [-0.25, -0.2) is 0 Å². The minimum absolute atomic E-state index is 0.0947. The van der Waals surface area contributed by atoms with Crippen molar-refractivity contribution in [2.24, 2.45) is 5.73 Å². The standard InChI is InChI=1S/C16H28N2O/c1-12-9-13(2)15(19-6)14(10-12)11-18(5)16(3,4)7-8-17/h9-10H,7-8,11,17H2,1-6H3. The molecule has 0 radical (unpaired) electrons. The first-order valence-corrected chi connectivity index (χ1v) is 6.87. The quantitative estimate of drug-likeness (QED) is 0.858. The summed E-state index contributed by atoms with van der Waals surface area (Å²) in [5.41, 5.74) is 9.51. The molecule has 1 aromatic rings. The van der Waals surface area contributed by atoms with Crippen LogP contribution in [0.3, 0.4) is 0 Å². The molecular formula is C16H28N2O. The predicted molar refractivity (Wildman–Crippen MR) is 81.7 cm³/mol. The molecule has 0 bridgehead atoms. The lowest BCUT2D eigenvalue weighted by Crippen LogP contribution is -2.42. The average molecular weight is 264 g/mol. The molecule has 0 aliphatic heterocycles. The van der Waals surface area contributed by atoms with Gasteiger partial charge in [0.05, 0.1) is 7.11 Å². The fourth-order valence-electron chi connectivity index (χ4n) is 2.47. The summed E-state index contributed by atoms with van der Waals surface area (Å²) in [4.78, 5) is 2.34. The first-order chi connectivity index (χ1) is 8.81. The van der Waals surface area contributed by atoms with Gasteiger partial charge in [-0.1, -0.05) is 17.7 Å². The molecule has 0 atom stereocenters. The molecule has 0 saturated heterocycles. The highest BCUT2D eigenvalue weighted by Crippen LogP contribution is 2.28. The first kappa shape index (κ1) is 16.0. The third-order valence-corrected chi connectivity index (χ3v) is 3.90. The van der Waals surface area contributed by atoms with Crippen LogP contribution in [0.2, 0.25) is 0 Å². The summed E-state index contributed by atoms with van der Waals surface area (Å²) < 4.78 is 5.55. The van der Waals surface area contributed by atoms with Gasteiger partial charge < -0.3 is 10.5 Å². The van der Waals surface area contributed by atoms with E-state index in [1.807, 2.05) is 0 Å². The van der Waals surface area contributed by atoms with Crippen LogP contribution in [0.15, 0.2) is 12.1 Å². The van der Waals surface area contributed by atoms with Crippen LogP contribution in [0.1, 0.15) is 37.0 Å². The van der Waals surface area contributed by atoms with Gasteiger partial charge in [0.1, 0.15) is 5.75 Å². The van der Waals surface area contributed by atoms with Crippen molar-refractivity contribution in [2.75, 3.05) is 20.7 Å². The summed E-state index contributed by atoms with van der Waals surface area (Å²) >= 11 is 0.